The zero-order valence-corrected chi connectivity index (χ0v) is 13.1. The molecular formula is C13H14BrN3O2S. The summed E-state index contributed by atoms with van der Waals surface area (Å²) in [7, 11) is -3.65. The van der Waals surface area contributed by atoms with Crippen LogP contribution in [0.4, 0.5) is 5.69 Å². The molecule has 0 fully saturated rings. The lowest BCUT2D eigenvalue weighted by Gasteiger charge is -2.16. The van der Waals surface area contributed by atoms with Gasteiger partial charge in [0.05, 0.1) is 10.6 Å². The van der Waals surface area contributed by atoms with Gasteiger partial charge in [-0.3, -0.25) is 0 Å². The number of aromatic nitrogens is 1. The Morgan fingerprint density at radius 1 is 1.25 bits per heavy atom. The molecule has 2 rings (SSSR count). The van der Waals surface area contributed by atoms with Gasteiger partial charge in [0.1, 0.15) is 4.60 Å². The van der Waals surface area contributed by atoms with E-state index in [2.05, 4.69) is 26.2 Å². The molecule has 0 bridgehead atoms. The minimum absolute atomic E-state index is 0.00466. The fourth-order valence-corrected chi connectivity index (χ4v) is 2.64. The van der Waals surface area contributed by atoms with Crippen molar-refractivity contribution in [2.45, 2.75) is 17.9 Å². The first-order valence-electron chi connectivity index (χ1n) is 5.88. The third-order valence-corrected chi connectivity index (χ3v) is 4.40. The van der Waals surface area contributed by atoms with Crippen LogP contribution >= 0.6 is 15.9 Å². The first-order chi connectivity index (χ1) is 9.38. The van der Waals surface area contributed by atoms with Crippen LogP contribution in [0, 0.1) is 0 Å². The first-order valence-corrected chi connectivity index (χ1v) is 8.21. The number of pyridine rings is 1. The van der Waals surface area contributed by atoms with Gasteiger partial charge in [0.25, 0.3) is 0 Å². The number of halogens is 1. The van der Waals surface area contributed by atoms with Gasteiger partial charge in [0.15, 0.2) is 0 Å². The molecule has 0 aliphatic rings. The second-order valence-electron chi connectivity index (χ2n) is 4.32. The highest BCUT2D eigenvalue weighted by Crippen LogP contribution is 2.24. The van der Waals surface area contributed by atoms with E-state index in [0.29, 0.717) is 0 Å². The van der Waals surface area contributed by atoms with Crippen LogP contribution in [0.25, 0.3) is 0 Å². The number of primary sulfonamides is 1. The van der Waals surface area contributed by atoms with E-state index < -0.39 is 10.0 Å². The molecule has 0 aliphatic heterocycles. The van der Waals surface area contributed by atoms with Gasteiger partial charge in [-0.2, -0.15) is 0 Å². The van der Waals surface area contributed by atoms with E-state index >= 15 is 0 Å². The SMILES string of the molecule is CC(Nc1cccnc1Br)c1ccc(S(N)(=O)=O)cc1. The minimum atomic E-state index is -3.65. The number of nitrogens with zero attached hydrogens (tertiary/aromatic N) is 1. The molecule has 0 spiro atoms. The molecule has 0 amide bonds. The molecule has 0 aliphatic carbocycles. The average molecular weight is 356 g/mol. The Morgan fingerprint density at radius 2 is 1.90 bits per heavy atom. The summed E-state index contributed by atoms with van der Waals surface area (Å²) in [5.74, 6) is 0. The number of nitrogens with two attached hydrogens (primary N) is 1. The lowest BCUT2D eigenvalue weighted by Crippen LogP contribution is -2.13. The molecule has 1 heterocycles. The summed E-state index contributed by atoms with van der Waals surface area (Å²) >= 11 is 3.37. The molecule has 0 radical (unpaired) electrons. The van der Waals surface area contributed by atoms with Crippen molar-refractivity contribution >= 4 is 31.6 Å². The van der Waals surface area contributed by atoms with Crippen molar-refractivity contribution in [1.29, 1.82) is 0 Å². The fourth-order valence-electron chi connectivity index (χ4n) is 1.76. The molecule has 1 aromatic heterocycles. The van der Waals surface area contributed by atoms with Crippen molar-refractivity contribution in [1.82, 2.24) is 4.98 Å². The molecule has 1 unspecified atom stereocenters. The van der Waals surface area contributed by atoms with E-state index in [1.165, 1.54) is 12.1 Å². The van der Waals surface area contributed by atoms with Crippen LogP contribution in [-0.2, 0) is 10.0 Å². The molecule has 0 saturated carbocycles. The Hall–Kier alpha value is -1.44. The summed E-state index contributed by atoms with van der Waals surface area (Å²) in [6.45, 7) is 1.98. The Labute approximate surface area is 126 Å². The molecule has 20 heavy (non-hydrogen) atoms. The van der Waals surface area contributed by atoms with E-state index in [-0.39, 0.29) is 10.9 Å². The number of sulfonamides is 1. The van der Waals surface area contributed by atoms with Crippen LogP contribution in [0.5, 0.6) is 0 Å². The normalized spacial score (nSPS) is 12.9. The van der Waals surface area contributed by atoms with Crippen LogP contribution in [0.1, 0.15) is 18.5 Å². The summed E-state index contributed by atoms with van der Waals surface area (Å²) in [5, 5.41) is 8.36. The quantitative estimate of drug-likeness (QED) is 0.825. The van der Waals surface area contributed by atoms with Crippen molar-refractivity contribution in [2.24, 2.45) is 5.14 Å². The van der Waals surface area contributed by atoms with E-state index in [4.69, 9.17) is 5.14 Å². The zero-order chi connectivity index (χ0) is 14.8. The van der Waals surface area contributed by atoms with Crippen LogP contribution in [-0.4, -0.2) is 13.4 Å². The maximum Gasteiger partial charge on any atom is 0.238 e. The first kappa shape index (κ1) is 15.0. The number of benzene rings is 1. The Balaban J connectivity index is 2.18. The number of nitrogens with one attached hydrogen (secondary N) is 1. The average Bonchev–Trinajstić information content (AvgIpc) is 2.40. The largest absolute Gasteiger partial charge is 0.376 e. The van der Waals surface area contributed by atoms with Crippen LogP contribution in [0.2, 0.25) is 0 Å². The standard InChI is InChI=1S/C13H14BrN3O2S/c1-9(17-12-3-2-8-16-13(12)14)10-4-6-11(7-5-10)20(15,18)19/h2-9,17H,1H3,(H2,15,18,19). The van der Waals surface area contributed by atoms with E-state index in [1.807, 2.05) is 19.1 Å². The molecular weight excluding hydrogens is 342 g/mol. The second kappa shape index (κ2) is 5.90. The summed E-state index contributed by atoms with van der Waals surface area (Å²) in [4.78, 5) is 4.24. The highest BCUT2D eigenvalue weighted by Gasteiger charge is 2.11. The van der Waals surface area contributed by atoms with Gasteiger partial charge in [-0.25, -0.2) is 18.5 Å². The smallest absolute Gasteiger partial charge is 0.238 e. The van der Waals surface area contributed by atoms with Gasteiger partial charge in [-0.05, 0) is 52.7 Å². The Kier molecular flexibility index (Phi) is 4.42. The van der Waals surface area contributed by atoms with Crippen LogP contribution < -0.4 is 10.5 Å². The third kappa shape index (κ3) is 3.56. The molecule has 3 N–H and O–H groups in total. The maximum absolute atomic E-state index is 11.2. The molecule has 5 nitrogen and oxygen atoms in total. The van der Waals surface area contributed by atoms with Crippen molar-refractivity contribution in [3.05, 3.63) is 52.8 Å². The summed E-state index contributed by atoms with van der Waals surface area (Å²) in [6.07, 6.45) is 1.70. The van der Waals surface area contributed by atoms with Gasteiger partial charge < -0.3 is 5.32 Å². The Bertz CT molecular complexity index is 702. The van der Waals surface area contributed by atoms with Crippen LogP contribution in [0.3, 0.4) is 0 Å². The Morgan fingerprint density at radius 3 is 2.45 bits per heavy atom. The molecule has 1 atom stereocenters. The lowest BCUT2D eigenvalue weighted by atomic mass is 10.1. The predicted octanol–water partition coefficient (Wildman–Crippen LogP) is 2.66. The van der Waals surface area contributed by atoms with E-state index in [0.717, 1.165) is 15.9 Å². The lowest BCUT2D eigenvalue weighted by molar-refractivity contribution is 0.597. The van der Waals surface area contributed by atoms with Crippen LogP contribution in [0.15, 0.2) is 52.1 Å². The second-order valence-corrected chi connectivity index (χ2v) is 6.63. The van der Waals surface area contributed by atoms with Gasteiger partial charge >= 0.3 is 0 Å². The summed E-state index contributed by atoms with van der Waals surface area (Å²) in [6, 6.07) is 10.2. The third-order valence-electron chi connectivity index (χ3n) is 2.84. The molecule has 106 valence electrons. The summed E-state index contributed by atoms with van der Waals surface area (Å²) < 4.78 is 23.1. The minimum Gasteiger partial charge on any atom is -0.376 e. The monoisotopic (exact) mass is 355 g/mol. The zero-order valence-electron chi connectivity index (χ0n) is 10.7. The molecule has 1 aromatic carbocycles. The van der Waals surface area contributed by atoms with Gasteiger partial charge in [-0.15, -0.1) is 0 Å². The number of rotatable bonds is 4. The number of hydrogen-bond donors (Lipinski definition) is 2. The van der Waals surface area contributed by atoms with Crippen molar-refractivity contribution in [2.75, 3.05) is 5.32 Å². The fraction of sp³-hybridized carbons (Fsp3) is 0.154. The topological polar surface area (TPSA) is 85.1 Å². The van der Waals surface area contributed by atoms with Crippen molar-refractivity contribution in [3.63, 3.8) is 0 Å². The maximum atomic E-state index is 11.2. The highest BCUT2D eigenvalue weighted by molar-refractivity contribution is 9.10. The van der Waals surface area contributed by atoms with Crippen molar-refractivity contribution in [3.8, 4) is 0 Å². The molecule has 0 saturated heterocycles. The predicted molar refractivity (Wildman–Crippen MR) is 81.8 cm³/mol. The van der Waals surface area contributed by atoms with Gasteiger partial charge in [-0.1, -0.05) is 12.1 Å². The molecule has 2 aromatic rings. The highest BCUT2D eigenvalue weighted by atomic mass is 79.9. The molecule has 7 heteroatoms. The summed E-state index contributed by atoms with van der Waals surface area (Å²) in [5.41, 5.74) is 1.82. The number of anilines is 1. The van der Waals surface area contributed by atoms with E-state index in [1.54, 1.807) is 18.3 Å². The van der Waals surface area contributed by atoms with E-state index in [9.17, 15) is 8.42 Å². The van der Waals surface area contributed by atoms with Gasteiger partial charge in [0, 0.05) is 12.2 Å². The van der Waals surface area contributed by atoms with Crippen molar-refractivity contribution < 1.29 is 8.42 Å². The number of hydrogen-bond acceptors (Lipinski definition) is 4. The van der Waals surface area contributed by atoms with Gasteiger partial charge in [0.2, 0.25) is 10.0 Å².